The first-order valence-corrected chi connectivity index (χ1v) is 5.37. The monoisotopic (exact) mass is 215 g/mol. The molecule has 0 atom stereocenters. The number of rotatable bonds is 2. The Labute approximate surface area is 95.0 Å². The van der Waals surface area contributed by atoms with Gasteiger partial charge in [0.2, 0.25) is 0 Å². The Hall–Kier alpha value is -1.70. The van der Waals surface area contributed by atoms with Crippen LogP contribution in [0.2, 0.25) is 0 Å². The quantitative estimate of drug-likeness (QED) is 0.737. The zero-order valence-electron chi connectivity index (χ0n) is 9.44. The Kier molecular flexibility index (Phi) is 3.00. The molecular weight excluding hydrogens is 201 g/mol. The van der Waals surface area contributed by atoms with Crippen molar-refractivity contribution in [3.63, 3.8) is 0 Å². The van der Waals surface area contributed by atoms with Gasteiger partial charge in [0.15, 0.2) is 0 Å². The maximum atomic E-state index is 13.0. The number of benzene rings is 1. The molecule has 0 unspecified atom stereocenters. The molecule has 0 saturated heterocycles. The summed E-state index contributed by atoms with van der Waals surface area (Å²) in [5.41, 5.74) is 3.09. The smallest absolute Gasteiger partial charge is 0.142 e. The van der Waals surface area contributed by atoms with Crippen LogP contribution in [-0.2, 0) is 0 Å². The van der Waals surface area contributed by atoms with Crippen LogP contribution in [0.1, 0.15) is 25.3 Å². The van der Waals surface area contributed by atoms with Gasteiger partial charge in [-0.3, -0.25) is 4.98 Å². The molecule has 0 saturated carbocycles. The van der Waals surface area contributed by atoms with Gasteiger partial charge in [0.25, 0.3) is 0 Å². The average molecular weight is 215 g/mol. The Morgan fingerprint density at radius 2 is 1.88 bits per heavy atom. The van der Waals surface area contributed by atoms with Crippen LogP contribution in [0.15, 0.2) is 42.7 Å². The fourth-order valence-corrected chi connectivity index (χ4v) is 1.65. The lowest BCUT2D eigenvalue weighted by Gasteiger charge is -2.08. The molecule has 0 aliphatic rings. The molecule has 1 heterocycles. The largest absolute Gasteiger partial charge is 0.261 e. The van der Waals surface area contributed by atoms with Crippen molar-refractivity contribution in [1.29, 1.82) is 0 Å². The van der Waals surface area contributed by atoms with E-state index in [9.17, 15) is 4.39 Å². The number of nitrogens with zero attached hydrogens (tertiary/aromatic N) is 1. The summed E-state index contributed by atoms with van der Waals surface area (Å²) in [5.74, 6) is 0.175. The highest BCUT2D eigenvalue weighted by atomic mass is 19.1. The van der Waals surface area contributed by atoms with E-state index in [1.54, 1.807) is 6.20 Å². The molecule has 16 heavy (non-hydrogen) atoms. The molecule has 0 aliphatic heterocycles. The van der Waals surface area contributed by atoms with Gasteiger partial charge in [-0.25, -0.2) is 4.39 Å². The molecular formula is C14H14FN. The summed E-state index contributed by atoms with van der Waals surface area (Å²) < 4.78 is 13.0. The van der Waals surface area contributed by atoms with Crippen molar-refractivity contribution in [2.24, 2.45) is 0 Å². The van der Waals surface area contributed by atoms with Crippen LogP contribution in [0.4, 0.5) is 4.39 Å². The molecule has 0 bridgehead atoms. The van der Waals surface area contributed by atoms with Crippen LogP contribution in [-0.4, -0.2) is 4.98 Å². The second kappa shape index (κ2) is 4.44. The van der Waals surface area contributed by atoms with E-state index in [2.05, 4.69) is 31.0 Å². The molecule has 1 aromatic carbocycles. The molecule has 1 aromatic heterocycles. The Morgan fingerprint density at radius 1 is 1.06 bits per heavy atom. The van der Waals surface area contributed by atoms with Crippen LogP contribution in [0.3, 0.4) is 0 Å². The van der Waals surface area contributed by atoms with Gasteiger partial charge >= 0.3 is 0 Å². The summed E-state index contributed by atoms with van der Waals surface area (Å²) in [6, 6.07) is 9.65. The number of aromatic nitrogens is 1. The zero-order chi connectivity index (χ0) is 11.5. The number of pyridine rings is 1. The molecule has 0 amide bonds. The second-order valence-electron chi connectivity index (χ2n) is 4.17. The number of hydrogen-bond acceptors (Lipinski definition) is 1. The van der Waals surface area contributed by atoms with E-state index in [4.69, 9.17) is 0 Å². The molecule has 0 aliphatic carbocycles. The van der Waals surface area contributed by atoms with Crippen molar-refractivity contribution in [2.75, 3.05) is 0 Å². The van der Waals surface area contributed by atoms with Crippen molar-refractivity contribution in [3.05, 3.63) is 54.1 Å². The number of hydrogen-bond donors (Lipinski definition) is 0. The van der Waals surface area contributed by atoms with Gasteiger partial charge < -0.3 is 0 Å². The lowest BCUT2D eigenvalue weighted by molar-refractivity contribution is 0.622. The molecule has 0 fully saturated rings. The molecule has 1 nitrogen and oxygen atoms in total. The highest BCUT2D eigenvalue weighted by molar-refractivity contribution is 5.63. The van der Waals surface area contributed by atoms with Crippen molar-refractivity contribution >= 4 is 0 Å². The van der Waals surface area contributed by atoms with Crippen molar-refractivity contribution in [1.82, 2.24) is 4.98 Å². The Bertz CT molecular complexity index is 492. The number of halogens is 1. The van der Waals surface area contributed by atoms with Gasteiger partial charge in [0.1, 0.15) is 5.82 Å². The highest BCUT2D eigenvalue weighted by Gasteiger charge is 2.03. The summed E-state index contributed by atoms with van der Waals surface area (Å²) in [7, 11) is 0. The third kappa shape index (κ3) is 2.27. The summed E-state index contributed by atoms with van der Waals surface area (Å²) in [6.45, 7) is 4.28. The topological polar surface area (TPSA) is 12.9 Å². The zero-order valence-corrected chi connectivity index (χ0v) is 9.44. The van der Waals surface area contributed by atoms with Crippen LogP contribution in [0, 0.1) is 5.82 Å². The molecule has 82 valence electrons. The minimum absolute atomic E-state index is 0.299. The lowest BCUT2D eigenvalue weighted by atomic mass is 9.98. The summed E-state index contributed by atoms with van der Waals surface area (Å²) in [6.07, 6.45) is 2.90. The highest BCUT2D eigenvalue weighted by Crippen LogP contribution is 2.23. The van der Waals surface area contributed by atoms with Crippen LogP contribution >= 0.6 is 0 Å². The first-order chi connectivity index (χ1) is 7.66. The predicted octanol–water partition coefficient (Wildman–Crippen LogP) is 4.01. The third-order valence-electron chi connectivity index (χ3n) is 2.59. The van der Waals surface area contributed by atoms with Crippen molar-refractivity contribution in [3.8, 4) is 11.1 Å². The molecule has 0 spiro atoms. The Morgan fingerprint density at radius 3 is 2.56 bits per heavy atom. The molecule has 0 radical (unpaired) electrons. The van der Waals surface area contributed by atoms with Crippen molar-refractivity contribution < 1.29 is 4.39 Å². The van der Waals surface area contributed by atoms with E-state index in [1.165, 1.54) is 17.8 Å². The van der Waals surface area contributed by atoms with Gasteiger partial charge in [-0.15, -0.1) is 0 Å². The van der Waals surface area contributed by atoms with E-state index >= 15 is 0 Å². The molecule has 2 aromatic rings. The summed E-state index contributed by atoms with van der Waals surface area (Å²) in [5, 5.41) is 0. The van der Waals surface area contributed by atoms with Gasteiger partial charge in [0, 0.05) is 11.8 Å². The first-order valence-electron chi connectivity index (χ1n) is 5.37. The van der Waals surface area contributed by atoms with E-state index in [-0.39, 0.29) is 5.82 Å². The van der Waals surface area contributed by atoms with Gasteiger partial charge in [-0.1, -0.05) is 38.1 Å². The van der Waals surface area contributed by atoms with Gasteiger partial charge in [-0.2, -0.15) is 0 Å². The molecule has 2 rings (SSSR count). The molecule has 0 N–H and O–H groups in total. The van der Waals surface area contributed by atoms with E-state index < -0.39 is 0 Å². The van der Waals surface area contributed by atoms with Gasteiger partial charge in [-0.05, 0) is 23.1 Å². The second-order valence-corrected chi connectivity index (χ2v) is 4.17. The van der Waals surface area contributed by atoms with E-state index in [0.717, 1.165) is 11.1 Å². The minimum Gasteiger partial charge on any atom is -0.261 e. The SMILES string of the molecule is CC(C)c1cccc(-c2cncc(F)c2)c1. The maximum absolute atomic E-state index is 13.0. The van der Waals surface area contributed by atoms with Gasteiger partial charge in [0.05, 0.1) is 6.20 Å². The lowest BCUT2D eigenvalue weighted by Crippen LogP contribution is -1.88. The third-order valence-corrected chi connectivity index (χ3v) is 2.59. The summed E-state index contributed by atoms with van der Waals surface area (Å²) >= 11 is 0. The van der Waals surface area contributed by atoms with Crippen molar-refractivity contribution in [2.45, 2.75) is 19.8 Å². The van der Waals surface area contributed by atoms with E-state index in [1.807, 2.05) is 12.1 Å². The fraction of sp³-hybridized carbons (Fsp3) is 0.214. The average Bonchev–Trinajstić information content (AvgIpc) is 2.29. The van der Waals surface area contributed by atoms with Crippen LogP contribution in [0.25, 0.3) is 11.1 Å². The van der Waals surface area contributed by atoms with Crippen LogP contribution < -0.4 is 0 Å². The maximum Gasteiger partial charge on any atom is 0.142 e. The van der Waals surface area contributed by atoms with E-state index in [0.29, 0.717) is 5.92 Å². The Balaban J connectivity index is 2.44. The standard InChI is InChI=1S/C14H14FN/c1-10(2)11-4-3-5-12(6-11)13-7-14(15)9-16-8-13/h3-10H,1-2H3. The molecule has 2 heteroatoms. The first kappa shape index (κ1) is 10.8. The predicted molar refractivity (Wildman–Crippen MR) is 63.7 cm³/mol. The fourth-order valence-electron chi connectivity index (χ4n) is 1.65. The normalized spacial score (nSPS) is 10.8. The summed E-state index contributed by atoms with van der Waals surface area (Å²) in [4.78, 5) is 3.86. The van der Waals surface area contributed by atoms with Crippen LogP contribution in [0.5, 0.6) is 0 Å². The minimum atomic E-state index is -0.299.